The lowest BCUT2D eigenvalue weighted by atomic mass is 9.91. The number of nitrogens with zero attached hydrogens (tertiary/aromatic N) is 4. The molecule has 2 heterocycles. The average molecular weight is 303 g/mol. The summed E-state index contributed by atoms with van der Waals surface area (Å²) in [7, 11) is 4.30. The topological polar surface area (TPSA) is 45.4 Å². The quantitative estimate of drug-likeness (QED) is 0.855. The maximum Gasteiger partial charge on any atom is 0.266 e. The van der Waals surface area contributed by atoms with Crippen LogP contribution in [0.15, 0.2) is 4.52 Å². The number of hydrogen-bond acceptors (Lipinski definition) is 5. The molecule has 6 heteroatoms. The summed E-state index contributed by atoms with van der Waals surface area (Å²) in [5.41, 5.74) is 0. The van der Waals surface area contributed by atoms with Crippen LogP contribution in [0.1, 0.15) is 39.5 Å². The van der Waals surface area contributed by atoms with Crippen molar-refractivity contribution in [2.24, 2.45) is 11.8 Å². The number of halogens is 1. The number of anilines is 1. The maximum absolute atomic E-state index is 5.31. The summed E-state index contributed by atoms with van der Waals surface area (Å²) in [5.74, 6) is 3.07. The SMILES string of the molecule is CC(C)c1nc(N2C[C@H](C(C)C)[C@@H](N(C)C)C2)no1.Cl. The van der Waals surface area contributed by atoms with Crippen molar-refractivity contribution in [1.82, 2.24) is 15.0 Å². The van der Waals surface area contributed by atoms with Gasteiger partial charge in [0, 0.05) is 25.0 Å². The van der Waals surface area contributed by atoms with E-state index in [1.165, 1.54) is 0 Å². The van der Waals surface area contributed by atoms with E-state index in [4.69, 9.17) is 4.52 Å². The second kappa shape index (κ2) is 6.76. The van der Waals surface area contributed by atoms with Gasteiger partial charge >= 0.3 is 0 Å². The fraction of sp³-hybridized carbons (Fsp3) is 0.857. The second-order valence-electron chi connectivity index (χ2n) is 6.43. The van der Waals surface area contributed by atoms with Gasteiger partial charge in [-0.05, 0) is 31.1 Å². The Morgan fingerprint density at radius 2 is 1.85 bits per heavy atom. The molecule has 0 N–H and O–H groups in total. The average Bonchev–Trinajstić information content (AvgIpc) is 2.95. The molecule has 1 aromatic rings. The van der Waals surface area contributed by atoms with Crippen molar-refractivity contribution in [3.63, 3.8) is 0 Å². The van der Waals surface area contributed by atoms with Gasteiger partial charge in [0.05, 0.1) is 0 Å². The molecular formula is C14H27ClN4O. The third kappa shape index (κ3) is 3.44. The monoisotopic (exact) mass is 302 g/mol. The second-order valence-corrected chi connectivity index (χ2v) is 6.43. The van der Waals surface area contributed by atoms with Gasteiger partial charge in [0.15, 0.2) is 0 Å². The molecule has 0 aliphatic carbocycles. The van der Waals surface area contributed by atoms with Gasteiger partial charge < -0.3 is 14.3 Å². The summed E-state index contributed by atoms with van der Waals surface area (Å²) in [6.07, 6.45) is 0. The Bertz CT molecular complexity index is 403. The van der Waals surface area contributed by atoms with Crippen molar-refractivity contribution in [2.45, 2.75) is 39.7 Å². The number of aromatic nitrogens is 2. The number of hydrogen-bond donors (Lipinski definition) is 0. The van der Waals surface area contributed by atoms with Gasteiger partial charge in [-0.15, -0.1) is 12.4 Å². The first-order valence-corrected chi connectivity index (χ1v) is 7.15. The van der Waals surface area contributed by atoms with E-state index >= 15 is 0 Å². The van der Waals surface area contributed by atoms with E-state index in [9.17, 15) is 0 Å². The van der Waals surface area contributed by atoms with Crippen molar-refractivity contribution < 1.29 is 4.52 Å². The van der Waals surface area contributed by atoms with Crippen LogP contribution in [0.25, 0.3) is 0 Å². The van der Waals surface area contributed by atoms with Crippen LogP contribution in [0.5, 0.6) is 0 Å². The van der Waals surface area contributed by atoms with Crippen LogP contribution in [0.4, 0.5) is 5.95 Å². The van der Waals surface area contributed by atoms with Crippen molar-refractivity contribution in [1.29, 1.82) is 0 Å². The van der Waals surface area contributed by atoms with Crippen molar-refractivity contribution in [2.75, 3.05) is 32.1 Å². The molecule has 2 atom stereocenters. The van der Waals surface area contributed by atoms with Gasteiger partial charge in [-0.1, -0.05) is 27.7 Å². The van der Waals surface area contributed by atoms with E-state index in [0.717, 1.165) is 24.9 Å². The van der Waals surface area contributed by atoms with E-state index in [-0.39, 0.29) is 18.3 Å². The minimum Gasteiger partial charge on any atom is -0.337 e. The molecule has 0 saturated carbocycles. The van der Waals surface area contributed by atoms with Crippen LogP contribution >= 0.6 is 12.4 Å². The van der Waals surface area contributed by atoms with Crippen LogP contribution in [0, 0.1) is 11.8 Å². The lowest BCUT2D eigenvalue weighted by molar-refractivity contribution is 0.216. The molecule has 1 aliphatic heterocycles. The zero-order valence-electron chi connectivity index (χ0n) is 13.3. The molecule has 2 rings (SSSR count). The highest BCUT2D eigenvalue weighted by molar-refractivity contribution is 5.85. The number of rotatable bonds is 4. The molecule has 1 fully saturated rings. The summed E-state index contributed by atoms with van der Waals surface area (Å²) >= 11 is 0. The van der Waals surface area contributed by atoms with Crippen LogP contribution in [0.3, 0.4) is 0 Å². The van der Waals surface area contributed by atoms with Gasteiger partial charge in [-0.3, -0.25) is 0 Å². The van der Waals surface area contributed by atoms with Gasteiger partial charge in [-0.2, -0.15) is 4.98 Å². The first-order chi connectivity index (χ1) is 8.90. The van der Waals surface area contributed by atoms with Crippen LogP contribution in [-0.2, 0) is 0 Å². The van der Waals surface area contributed by atoms with Gasteiger partial charge in [0.25, 0.3) is 5.95 Å². The molecule has 0 amide bonds. The first kappa shape index (κ1) is 17.2. The molecule has 1 aromatic heterocycles. The zero-order valence-corrected chi connectivity index (χ0v) is 14.1. The van der Waals surface area contributed by atoms with E-state index in [0.29, 0.717) is 17.9 Å². The predicted octanol–water partition coefficient (Wildman–Crippen LogP) is 2.64. The van der Waals surface area contributed by atoms with E-state index in [1.54, 1.807) is 0 Å². The summed E-state index contributed by atoms with van der Waals surface area (Å²) in [5, 5.41) is 4.13. The molecule has 0 unspecified atom stereocenters. The molecule has 5 nitrogen and oxygen atoms in total. The molecule has 0 bridgehead atoms. The highest BCUT2D eigenvalue weighted by Crippen LogP contribution is 2.30. The molecule has 20 heavy (non-hydrogen) atoms. The fourth-order valence-electron chi connectivity index (χ4n) is 2.77. The van der Waals surface area contributed by atoms with Gasteiger partial charge in [0.1, 0.15) is 0 Å². The minimum atomic E-state index is 0. The van der Waals surface area contributed by atoms with Crippen molar-refractivity contribution in [3.8, 4) is 0 Å². The third-order valence-electron chi connectivity index (χ3n) is 4.06. The lowest BCUT2D eigenvalue weighted by Crippen LogP contribution is -2.37. The number of likely N-dealkylation sites (N-methyl/N-ethyl adjacent to an activating group) is 1. The van der Waals surface area contributed by atoms with E-state index < -0.39 is 0 Å². The van der Waals surface area contributed by atoms with Crippen molar-refractivity contribution >= 4 is 18.4 Å². The van der Waals surface area contributed by atoms with Crippen LogP contribution < -0.4 is 4.90 Å². The fourth-order valence-corrected chi connectivity index (χ4v) is 2.77. The Hall–Kier alpha value is -0.810. The van der Waals surface area contributed by atoms with E-state index in [2.05, 4.69) is 61.7 Å². The molecule has 0 aromatic carbocycles. The summed E-state index contributed by atoms with van der Waals surface area (Å²) in [6.45, 7) is 10.7. The Labute approximate surface area is 128 Å². The largest absolute Gasteiger partial charge is 0.337 e. The predicted molar refractivity (Wildman–Crippen MR) is 83.7 cm³/mol. The normalized spacial score (nSPS) is 22.9. The Balaban J connectivity index is 0.00000200. The van der Waals surface area contributed by atoms with Crippen LogP contribution in [-0.4, -0.2) is 48.3 Å². The maximum atomic E-state index is 5.31. The molecule has 1 aliphatic rings. The molecular weight excluding hydrogens is 276 g/mol. The Morgan fingerprint density at radius 3 is 2.25 bits per heavy atom. The van der Waals surface area contributed by atoms with Crippen molar-refractivity contribution in [3.05, 3.63) is 5.89 Å². The van der Waals surface area contributed by atoms with Crippen LogP contribution in [0.2, 0.25) is 0 Å². The Kier molecular flexibility index (Phi) is 5.83. The molecule has 0 spiro atoms. The lowest BCUT2D eigenvalue weighted by Gasteiger charge is -2.27. The Morgan fingerprint density at radius 1 is 1.20 bits per heavy atom. The highest BCUT2D eigenvalue weighted by Gasteiger charge is 2.37. The summed E-state index contributed by atoms with van der Waals surface area (Å²) in [4.78, 5) is 9.08. The summed E-state index contributed by atoms with van der Waals surface area (Å²) in [6, 6.07) is 0.556. The first-order valence-electron chi connectivity index (χ1n) is 7.15. The van der Waals surface area contributed by atoms with Gasteiger partial charge in [-0.25, -0.2) is 0 Å². The molecule has 1 saturated heterocycles. The minimum absolute atomic E-state index is 0. The standard InChI is InChI=1S/C14H26N4O.ClH/c1-9(2)11-7-18(8-12(11)17(5)6)14-15-13(10(3)4)19-16-14;/h9-12H,7-8H2,1-6H3;1H/t11-,12+;/m1./s1. The molecule has 0 radical (unpaired) electrons. The smallest absolute Gasteiger partial charge is 0.266 e. The highest BCUT2D eigenvalue weighted by atomic mass is 35.5. The molecule has 116 valence electrons. The summed E-state index contributed by atoms with van der Waals surface area (Å²) < 4.78 is 5.31. The third-order valence-corrected chi connectivity index (χ3v) is 4.06. The van der Waals surface area contributed by atoms with Gasteiger partial charge in [0.2, 0.25) is 5.89 Å². The van der Waals surface area contributed by atoms with E-state index in [1.807, 2.05) is 0 Å². The zero-order chi connectivity index (χ0) is 14.2.